The van der Waals surface area contributed by atoms with Crippen LogP contribution < -0.4 is 4.74 Å². The number of halogens is 3. The third-order valence-electron chi connectivity index (χ3n) is 1.10. The first-order valence-corrected chi connectivity index (χ1v) is 3.96. The summed E-state index contributed by atoms with van der Waals surface area (Å²) in [4.78, 5) is 3.74. The lowest BCUT2D eigenvalue weighted by Gasteiger charge is -2.03. The van der Waals surface area contributed by atoms with Crippen LogP contribution in [0.2, 0.25) is 0 Å². The summed E-state index contributed by atoms with van der Waals surface area (Å²) in [6.07, 6.45) is 0. The fourth-order valence-corrected chi connectivity index (χ4v) is 1.28. The predicted molar refractivity (Wildman–Crippen MR) is 43.3 cm³/mol. The minimum absolute atomic E-state index is 0.0723. The normalized spacial score (nSPS) is 10.4. The molecule has 1 heterocycles. The molecule has 0 fully saturated rings. The lowest BCUT2D eigenvalue weighted by molar-refractivity contribution is -0.0529. The number of pyridine rings is 1. The summed E-state index contributed by atoms with van der Waals surface area (Å²) >= 11 is 3.14. The van der Waals surface area contributed by atoms with Crippen molar-refractivity contribution >= 4 is 15.9 Å². The second kappa shape index (κ2) is 3.80. The molecule has 0 amide bonds. The van der Waals surface area contributed by atoms with E-state index in [1.165, 1.54) is 6.07 Å². The fraction of sp³-hybridized carbons (Fsp3) is 0.286. The molecule has 0 aliphatic carbocycles. The summed E-state index contributed by atoms with van der Waals surface area (Å²) in [6, 6.07) is 3.09. The number of alkyl halides is 2. The van der Waals surface area contributed by atoms with Crippen LogP contribution in [0.4, 0.5) is 8.78 Å². The summed E-state index contributed by atoms with van der Waals surface area (Å²) in [5.41, 5.74) is 0.625. The molecule has 0 bridgehead atoms. The monoisotopic (exact) mass is 237 g/mol. The van der Waals surface area contributed by atoms with E-state index in [0.29, 0.717) is 10.2 Å². The molecule has 0 aliphatic heterocycles. The maximum Gasteiger partial charge on any atom is 0.388 e. The van der Waals surface area contributed by atoms with Gasteiger partial charge < -0.3 is 4.74 Å². The highest BCUT2D eigenvalue weighted by Crippen LogP contribution is 2.18. The van der Waals surface area contributed by atoms with Gasteiger partial charge in [-0.15, -0.1) is 0 Å². The third kappa shape index (κ3) is 2.73. The van der Waals surface area contributed by atoms with Crippen LogP contribution in [0.3, 0.4) is 0 Å². The van der Waals surface area contributed by atoms with Gasteiger partial charge in [-0.05, 0) is 13.0 Å². The van der Waals surface area contributed by atoms with Gasteiger partial charge in [-0.25, -0.2) is 4.98 Å². The quantitative estimate of drug-likeness (QED) is 0.790. The molecule has 0 spiro atoms. The molecule has 1 rings (SSSR count). The second-order valence-corrected chi connectivity index (χ2v) is 3.06. The van der Waals surface area contributed by atoms with Crippen LogP contribution in [0.5, 0.6) is 5.88 Å². The number of ether oxygens (including phenoxy) is 1. The van der Waals surface area contributed by atoms with Gasteiger partial charge >= 0.3 is 6.61 Å². The third-order valence-corrected chi connectivity index (χ3v) is 1.56. The topological polar surface area (TPSA) is 22.1 Å². The molecule has 2 nitrogen and oxygen atoms in total. The Kier molecular flexibility index (Phi) is 2.97. The van der Waals surface area contributed by atoms with Crippen LogP contribution in [0.15, 0.2) is 16.6 Å². The van der Waals surface area contributed by atoms with E-state index in [1.807, 2.05) is 0 Å². The van der Waals surface area contributed by atoms with E-state index in [-0.39, 0.29) is 5.88 Å². The minimum atomic E-state index is -2.83. The Morgan fingerprint density at radius 3 is 2.67 bits per heavy atom. The molecule has 1 aromatic rings. The van der Waals surface area contributed by atoms with E-state index in [4.69, 9.17) is 0 Å². The zero-order chi connectivity index (χ0) is 9.14. The van der Waals surface area contributed by atoms with E-state index < -0.39 is 6.61 Å². The second-order valence-electron chi connectivity index (χ2n) is 2.14. The van der Waals surface area contributed by atoms with Gasteiger partial charge in [-0.1, -0.05) is 15.9 Å². The van der Waals surface area contributed by atoms with E-state index in [2.05, 4.69) is 25.7 Å². The number of aromatic nitrogens is 1. The molecular weight excluding hydrogens is 232 g/mol. The van der Waals surface area contributed by atoms with Crippen molar-refractivity contribution in [2.75, 3.05) is 0 Å². The predicted octanol–water partition coefficient (Wildman–Crippen LogP) is 2.75. The zero-order valence-electron chi connectivity index (χ0n) is 6.22. The highest BCUT2D eigenvalue weighted by Gasteiger charge is 2.06. The van der Waals surface area contributed by atoms with Gasteiger partial charge in [0.05, 0.1) is 0 Å². The number of rotatable bonds is 2. The molecule has 0 unspecified atom stereocenters. The molecule has 0 aliphatic rings. The van der Waals surface area contributed by atoms with Crippen LogP contribution in [-0.4, -0.2) is 11.6 Å². The Morgan fingerprint density at radius 1 is 1.50 bits per heavy atom. The molecule has 66 valence electrons. The average Bonchev–Trinajstić information content (AvgIpc) is 1.81. The van der Waals surface area contributed by atoms with Crippen molar-refractivity contribution in [1.29, 1.82) is 0 Å². The lowest BCUT2D eigenvalue weighted by Crippen LogP contribution is -2.03. The van der Waals surface area contributed by atoms with Crippen molar-refractivity contribution in [1.82, 2.24) is 4.98 Å². The maximum atomic E-state index is 11.7. The van der Waals surface area contributed by atoms with Gasteiger partial charge in [0.15, 0.2) is 0 Å². The first-order valence-electron chi connectivity index (χ1n) is 3.17. The van der Waals surface area contributed by atoms with Gasteiger partial charge in [0.25, 0.3) is 0 Å². The molecule has 12 heavy (non-hydrogen) atoms. The fourth-order valence-electron chi connectivity index (χ4n) is 0.749. The van der Waals surface area contributed by atoms with Crippen molar-refractivity contribution in [2.24, 2.45) is 0 Å². The first-order chi connectivity index (χ1) is 5.58. The molecular formula is C7H6BrF2NO. The summed E-state index contributed by atoms with van der Waals surface area (Å²) in [5.74, 6) is -0.0723. The summed E-state index contributed by atoms with van der Waals surface area (Å²) in [7, 11) is 0. The summed E-state index contributed by atoms with van der Waals surface area (Å²) in [5, 5.41) is 0. The summed E-state index contributed by atoms with van der Waals surface area (Å²) in [6.45, 7) is -1.13. The Labute approximate surface area is 76.7 Å². The molecule has 0 saturated heterocycles. The van der Waals surface area contributed by atoms with Crippen LogP contribution in [0, 0.1) is 6.92 Å². The average molecular weight is 238 g/mol. The molecule has 1 aromatic heterocycles. The van der Waals surface area contributed by atoms with Gasteiger partial charge in [0.1, 0.15) is 0 Å². The molecule has 0 aromatic carbocycles. The van der Waals surface area contributed by atoms with E-state index in [9.17, 15) is 8.78 Å². The van der Waals surface area contributed by atoms with E-state index in [1.54, 1.807) is 13.0 Å². The van der Waals surface area contributed by atoms with Crippen molar-refractivity contribution < 1.29 is 13.5 Å². The smallest absolute Gasteiger partial charge is 0.388 e. The van der Waals surface area contributed by atoms with Gasteiger partial charge in [-0.2, -0.15) is 8.78 Å². The van der Waals surface area contributed by atoms with Crippen LogP contribution in [-0.2, 0) is 0 Å². The minimum Gasteiger partial charge on any atom is -0.417 e. The van der Waals surface area contributed by atoms with Crippen molar-refractivity contribution in [2.45, 2.75) is 13.5 Å². The van der Waals surface area contributed by atoms with E-state index >= 15 is 0 Å². The van der Waals surface area contributed by atoms with Crippen molar-refractivity contribution in [3.63, 3.8) is 0 Å². The Bertz CT molecular complexity index is 260. The Morgan fingerprint density at radius 2 is 2.17 bits per heavy atom. The van der Waals surface area contributed by atoms with Crippen molar-refractivity contribution in [3.05, 3.63) is 22.3 Å². The maximum absolute atomic E-state index is 11.7. The van der Waals surface area contributed by atoms with Crippen molar-refractivity contribution in [3.8, 4) is 5.88 Å². The molecule has 0 radical (unpaired) electrons. The number of nitrogens with zero attached hydrogens (tertiary/aromatic N) is 1. The van der Waals surface area contributed by atoms with Crippen LogP contribution in [0.25, 0.3) is 0 Å². The first kappa shape index (κ1) is 9.38. The lowest BCUT2D eigenvalue weighted by atomic mass is 10.4. The highest BCUT2D eigenvalue weighted by molar-refractivity contribution is 9.10. The van der Waals surface area contributed by atoms with E-state index in [0.717, 1.165) is 0 Å². The Hall–Kier alpha value is -0.710. The van der Waals surface area contributed by atoms with Crippen LogP contribution >= 0.6 is 15.9 Å². The SMILES string of the molecule is Cc1cc(Br)cc(OC(F)F)n1. The molecule has 0 N–H and O–H groups in total. The van der Waals surface area contributed by atoms with Gasteiger partial charge in [0.2, 0.25) is 5.88 Å². The number of hydrogen-bond donors (Lipinski definition) is 0. The number of hydrogen-bond acceptors (Lipinski definition) is 2. The largest absolute Gasteiger partial charge is 0.417 e. The zero-order valence-corrected chi connectivity index (χ0v) is 7.81. The molecule has 5 heteroatoms. The van der Waals surface area contributed by atoms with Crippen LogP contribution in [0.1, 0.15) is 5.69 Å². The summed E-state index contributed by atoms with van der Waals surface area (Å²) < 4.78 is 28.2. The Balaban J connectivity index is 2.85. The molecule has 0 atom stereocenters. The van der Waals surface area contributed by atoms with Gasteiger partial charge in [-0.3, -0.25) is 0 Å². The highest BCUT2D eigenvalue weighted by atomic mass is 79.9. The molecule has 0 saturated carbocycles. The standard InChI is InChI=1S/C7H6BrF2NO/c1-4-2-5(8)3-6(11-4)12-7(9)10/h2-3,7H,1H3. The van der Waals surface area contributed by atoms with Gasteiger partial charge in [0, 0.05) is 16.2 Å². The number of aryl methyl sites for hydroxylation is 1.